The molecule has 0 atom stereocenters. The third kappa shape index (κ3) is 2.77. The second-order valence-corrected chi connectivity index (χ2v) is 4.17. The van der Waals surface area contributed by atoms with Crippen LogP contribution in [0.5, 0.6) is 0 Å². The molecule has 0 saturated heterocycles. The Hall–Kier alpha value is -1.46. The zero-order valence-electron chi connectivity index (χ0n) is 8.43. The Morgan fingerprint density at radius 1 is 1.12 bits per heavy atom. The fourth-order valence-corrected chi connectivity index (χ4v) is 1.80. The van der Waals surface area contributed by atoms with Gasteiger partial charge in [-0.2, -0.15) is 0 Å². The van der Waals surface area contributed by atoms with Crippen molar-refractivity contribution < 1.29 is 4.39 Å². The van der Waals surface area contributed by atoms with Gasteiger partial charge in [0.05, 0.1) is 0 Å². The summed E-state index contributed by atoms with van der Waals surface area (Å²) in [5.74, 6) is -0.247. The van der Waals surface area contributed by atoms with E-state index >= 15 is 0 Å². The molecule has 2 rings (SSSR count). The number of hydrogen-bond donors (Lipinski definition) is 1. The number of nitrogens with two attached hydrogens (primary N) is 1. The van der Waals surface area contributed by atoms with Crippen molar-refractivity contribution in [2.24, 2.45) is 5.73 Å². The molecular weight excluding hydrogens is 225 g/mol. The van der Waals surface area contributed by atoms with Gasteiger partial charge in [-0.15, -0.1) is 0 Å². The largest absolute Gasteiger partial charge is 0.326 e. The van der Waals surface area contributed by atoms with Gasteiger partial charge in [0.15, 0.2) is 5.16 Å². The van der Waals surface area contributed by atoms with Crippen molar-refractivity contribution in [2.75, 3.05) is 0 Å². The Morgan fingerprint density at radius 2 is 1.75 bits per heavy atom. The maximum absolute atomic E-state index is 12.7. The fraction of sp³-hybridized carbons (Fsp3) is 0.0909. The van der Waals surface area contributed by atoms with Gasteiger partial charge >= 0.3 is 0 Å². The molecule has 3 nitrogen and oxygen atoms in total. The van der Waals surface area contributed by atoms with Gasteiger partial charge in [-0.1, -0.05) is 0 Å². The number of aromatic nitrogens is 2. The molecule has 1 aromatic carbocycles. The summed E-state index contributed by atoms with van der Waals surface area (Å²) in [6, 6.07) is 6.22. The molecule has 0 unspecified atom stereocenters. The second kappa shape index (κ2) is 5.05. The van der Waals surface area contributed by atoms with Gasteiger partial charge in [0.1, 0.15) is 5.82 Å². The normalized spacial score (nSPS) is 10.4. The van der Waals surface area contributed by atoms with Crippen molar-refractivity contribution in [3.8, 4) is 0 Å². The van der Waals surface area contributed by atoms with Gasteiger partial charge in [-0.25, -0.2) is 14.4 Å². The lowest BCUT2D eigenvalue weighted by Gasteiger charge is -2.00. The third-order valence-corrected chi connectivity index (χ3v) is 2.84. The summed E-state index contributed by atoms with van der Waals surface area (Å²) in [5.41, 5.74) is 6.33. The summed E-state index contributed by atoms with van der Waals surface area (Å²) in [4.78, 5) is 9.20. The van der Waals surface area contributed by atoms with E-state index in [1.165, 1.54) is 23.9 Å². The molecule has 82 valence electrons. The molecular formula is C11H10FN3S. The molecule has 0 amide bonds. The minimum absolute atomic E-state index is 0.247. The quantitative estimate of drug-likeness (QED) is 0.829. The molecule has 0 radical (unpaired) electrons. The third-order valence-electron chi connectivity index (χ3n) is 1.94. The van der Waals surface area contributed by atoms with Crippen LogP contribution >= 0.6 is 11.8 Å². The number of hydrogen-bond acceptors (Lipinski definition) is 4. The highest BCUT2D eigenvalue weighted by atomic mass is 32.2. The van der Waals surface area contributed by atoms with E-state index in [-0.39, 0.29) is 5.82 Å². The summed E-state index contributed by atoms with van der Waals surface area (Å²) < 4.78 is 12.7. The Bertz CT molecular complexity index is 456. The van der Waals surface area contributed by atoms with E-state index in [0.717, 1.165) is 10.5 Å². The molecule has 1 aromatic heterocycles. The Morgan fingerprint density at radius 3 is 2.31 bits per heavy atom. The molecule has 0 spiro atoms. The zero-order valence-corrected chi connectivity index (χ0v) is 9.25. The first-order valence-corrected chi connectivity index (χ1v) is 5.54. The van der Waals surface area contributed by atoms with Crippen LogP contribution in [0.25, 0.3) is 0 Å². The number of benzene rings is 1. The summed E-state index contributed by atoms with van der Waals surface area (Å²) in [7, 11) is 0. The topological polar surface area (TPSA) is 51.8 Å². The van der Waals surface area contributed by atoms with Crippen molar-refractivity contribution in [1.82, 2.24) is 9.97 Å². The van der Waals surface area contributed by atoms with Gasteiger partial charge in [0.2, 0.25) is 0 Å². The van der Waals surface area contributed by atoms with E-state index in [4.69, 9.17) is 5.73 Å². The van der Waals surface area contributed by atoms with E-state index in [9.17, 15) is 4.39 Å². The molecule has 0 bridgehead atoms. The predicted molar refractivity (Wildman–Crippen MR) is 60.4 cm³/mol. The van der Waals surface area contributed by atoms with Crippen molar-refractivity contribution in [2.45, 2.75) is 16.6 Å². The summed E-state index contributed by atoms with van der Waals surface area (Å²) in [6.45, 7) is 0.432. The molecule has 0 aliphatic rings. The van der Waals surface area contributed by atoms with Crippen LogP contribution in [0.3, 0.4) is 0 Å². The zero-order chi connectivity index (χ0) is 11.4. The lowest BCUT2D eigenvalue weighted by molar-refractivity contribution is 0.626. The molecule has 0 aliphatic carbocycles. The van der Waals surface area contributed by atoms with Crippen LogP contribution in [0.1, 0.15) is 5.56 Å². The molecule has 2 aromatic rings. The minimum atomic E-state index is -0.247. The Labute approximate surface area is 96.9 Å². The van der Waals surface area contributed by atoms with Gasteiger partial charge in [-0.3, -0.25) is 0 Å². The maximum atomic E-state index is 12.7. The molecule has 1 heterocycles. The number of halogens is 1. The number of rotatable bonds is 3. The van der Waals surface area contributed by atoms with Crippen LogP contribution in [0, 0.1) is 5.82 Å². The lowest BCUT2D eigenvalue weighted by atomic mass is 10.3. The highest BCUT2D eigenvalue weighted by Crippen LogP contribution is 2.23. The van der Waals surface area contributed by atoms with E-state index < -0.39 is 0 Å². The molecule has 0 saturated carbocycles. The standard InChI is InChI=1S/C11H10FN3S/c12-9-1-3-10(4-2-9)16-11-14-6-8(5-13)7-15-11/h1-4,6-7H,5,13H2. The van der Waals surface area contributed by atoms with Crippen LogP contribution < -0.4 is 5.73 Å². The minimum Gasteiger partial charge on any atom is -0.326 e. The molecule has 2 N–H and O–H groups in total. The average Bonchev–Trinajstić information content (AvgIpc) is 2.33. The lowest BCUT2D eigenvalue weighted by Crippen LogP contribution is -1.98. The van der Waals surface area contributed by atoms with Crippen LogP contribution in [0.15, 0.2) is 46.7 Å². The molecule has 16 heavy (non-hydrogen) atoms. The first-order chi connectivity index (χ1) is 7.78. The highest BCUT2D eigenvalue weighted by Gasteiger charge is 2.00. The monoisotopic (exact) mass is 235 g/mol. The van der Waals surface area contributed by atoms with Crippen LogP contribution in [-0.2, 0) is 6.54 Å². The van der Waals surface area contributed by atoms with E-state index in [2.05, 4.69) is 9.97 Å². The van der Waals surface area contributed by atoms with Gasteiger partial charge in [-0.05, 0) is 36.0 Å². The Balaban J connectivity index is 2.11. The second-order valence-electron chi connectivity index (χ2n) is 3.13. The van der Waals surface area contributed by atoms with Gasteiger partial charge < -0.3 is 5.73 Å². The SMILES string of the molecule is NCc1cnc(Sc2ccc(F)cc2)nc1. The van der Waals surface area contributed by atoms with E-state index in [0.29, 0.717) is 11.7 Å². The van der Waals surface area contributed by atoms with E-state index in [1.807, 2.05) is 0 Å². The van der Waals surface area contributed by atoms with Crippen LogP contribution in [-0.4, -0.2) is 9.97 Å². The van der Waals surface area contributed by atoms with Crippen molar-refractivity contribution >= 4 is 11.8 Å². The summed E-state index contributed by atoms with van der Waals surface area (Å²) in [6.07, 6.45) is 3.39. The summed E-state index contributed by atoms with van der Waals surface area (Å²) >= 11 is 1.39. The molecule has 0 fully saturated rings. The fourth-order valence-electron chi connectivity index (χ4n) is 1.11. The Kier molecular flexibility index (Phi) is 3.48. The van der Waals surface area contributed by atoms with Crippen molar-refractivity contribution in [1.29, 1.82) is 0 Å². The first-order valence-electron chi connectivity index (χ1n) is 4.72. The van der Waals surface area contributed by atoms with Crippen molar-refractivity contribution in [3.05, 3.63) is 48.0 Å². The van der Waals surface area contributed by atoms with Gasteiger partial charge in [0.25, 0.3) is 0 Å². The number of nitrogens with zero attached hydrogens (tertiary/aromatic N) is 2. The van der Waals surface area contributed by atoms with Gasteiger partial charge in [0, 0.05) is 29.4 Å². The summed E-state index contributed by atoms with van der Waals surface area (Å²) in [5, 5.41) is 0.629. The average molecular weight is 235 g/mol. The smallest absolute Gasteiger partial charge is 0.192 e. The van der Waals surface area contributed by atoms with E-state index in [1.54, 1.807) is 24.5 Å². The van der Waals surface area contributed by atoms with Crippen molar-refractivity contribution in [3.63, 3.8) is 0 Å². The highest BCUT2D eigenvalue weighted by molar-refractivity contribution is 7.99. The van der Waals surface area contributed by atoms with Crippen LogP contribution in [0.4, 0.5) is 4.39 Å². The maximum Gasteiger partial charge on any atom is 0.192 e. The first kappa shape index (κ1) is 11.0. The van der Waals surface area contributed by atoms with Crippen LogP contribution in [0.2, 0.25) is 0 Å². The molecule has 5 heteroatoms. The predicted octanol–water partition coefficient (Wildman–Crippen LogP) is 2.23. The molecule has 0 aliphatic heterocycles.